The number of hydrogen-bond donors (Lipinski definition) is 1. The van der Waals surface area contributed by atoms with Crippen molar-refractivity contribution in [3.63, 3.8) is 0 Å². The van der Waals surface area contributed by atoms with Crippen LogP contribution in [0.15, 0.2) is 41.8 Å². The highest BCUT2D eigenvalue weighted by atomic mass is 35.5. The number of amides is 1. The van der Waals surface area contributed by atoms with Crippen LogP contribution >= 0.6 is 22.9 Å². The summed E-state index contributed by atoms with van der Waals surface area (Å²) in [5.74, 6) is 3.85. The van der Waals surface area contributed by atoms with Gasteiger partial charge in [0.05, 0.1) is 35.5 Å². The molecule has 0 aliphatic carbocycles. The van der Waals surface area contributed by atoms with Crippen molar-refractivity contribution in [2.75, 3.05) is 5.32 Å². The average molecular weight is 441 g/mol. The maximum Gasteiger partial charge on any atom is 0.286 e. The highest BCUT2D eigenvalue weighted by molar-refractivity contribution is 7.18. The maximum atomic E-state index is 13.7. The molecule has 3 aromatic rings. The highest BCUT2D eigenvalue weighted by Crippen LogP contribution is 2.27. The van der Waals surface area contributed by atoms with Gasteiger partial charge in [-0.3, -0.25) is 9.59 Å². The van der Waals surface area contributed by atoms with Gasteiger partial charge in [-0.05, 0) is 6.07 Å². The Morgan fingerprint density at radius 3 is 2.86 bits per heavy atom. The molecular weight excluding hydrogens is 429 g/mol. The molecule has 0 unspecified atom stereocenters. The lowest BCUT2D eigenvalue weighted by Crippen LogP contribution is -2.26. The van der Waals surface area contributed by atoms with Crippen molar-refractivity contribution < 1.29 is 18.0 Å². The van der Waals surface area contributed by atoms with E-state index in [0.29, 0.717) is 21.0 Å². The standard InChI is InChI=1S/C18H12ClF3N4O2S/c19-16-11(2-1-4-25-5-3-23-10-25)6-14(29-16)17(27)24-12-7-13(20)18(28)26(8-12)9-15(21)22/h3,5-8,10,15H,4,9H2,(H,24,27). The number of pyridine rings is 1. The number of nitrogens with one attached hydrogen (secondary N) is 1. The smallest absolute Gasteiger partial charge is 0.286 e. The van der Waals surface area contributed by atoms with E-state index < -0.39 is 30.3 Å². The SMILES string of the molecule is O=C(Nc1cc(F)c(=O)n(CC(F)F)c1)c1cc(C#CCn2ccnc2)c(Cl)s1. The molecule has 3 aromatic heterocycles. The third-order valence-electron chi connectivity index (χ3n) is 3.59. The van der Waals surface area contributed by atoms with Crippen LogP contribution in [0.3, 0.4) is 0 Å². The number of imidazole rings is 1. The number of nitrogens with zero attached hydrogens (tertiary/aromatic N) is 3. The van der Waals surface area contributed by atoms with Crippen molar-refractivity contribution in [3.05, 3.63) is 68.0 Å². The van der Waals surface area contributed by atoms with Crippen LogP contribution in [-0.4, -0.2) is 26.5 Å². The first-order chi connectivity index (χ1) is 13.8. The van der Waals surface area contributed by atoms with E-state index in [0.717, 1.165) is 23.6 Å². The summed E-state index contributed by atoms with van der Waals surface area (Å²) in [6, 6.07) is 2.23. The van der Waals surface area contributed by atoms with Gasteiger partial charge in [0.25, 0.3) is 17.9 Å². The number of rotatable bonds is 5. The Balaban J connectivity index is 1.75. The van der Waals surface area contributed by atoms with Crippen LogP contribution in [0.1, 0.15) is 15.2 Å². The van der Waals surface area contributed by atoms with E-state index in [1.54, 1.807) is 23.3 Å². The summed E-state index contributed by atoms with van der Waals surface area (Å²) in [5.41, 5.74) is -0.890. The minimum atomic E-state index is -2.85. The fraction of sp³-hybridized carbons (Fsp3) is 0.167. The zero-order valence-electron chi connectivity index (χ0n) is 14.5. The summed E-state index contributed by atoms with van der Waals surface area (Å²) in [5, 5.41) is 2.37. The molecule has 0 saturated heterocycles. The summed E-state index contributed by atoms with van der Waals surface area (Å²) in [4.78, 5) is 28.0. The van der Waals surface area contributed by atoms with E-state index in [9.17, 15) is 22.8 Å². The van der Waals surface area contributed by atoms with Gasteiger partial charge in [-0.25, -0.2) is 18.2 Å². The molecule has 29 heavy (non-hydrogen) atoms. The molecule has 1 N–H and O–H groups in total. The minimum Gasteiger partial charge on any atom is -0.326 e. The number of alkyl halides is 2. The van der Waals surface area contributed by atoms with Crippen molar-refractivity contribution in [2.45, 2.75) is 19.5 Å². The molecule has 11 heteroatoms. The van der Waals surface area contributed by atoms with Crippen LogP contribution in [0, 0.1) is 17.7 Å². The maximum absolute atomic E-state index is 13.7. The van der Waals surface area contributed by atoms with Gasteiger partial charge in [-0.1, -0.05) is 23.4 Å². The molecule has 0 radical (unpaired) electrons. The first-order valence-electron chi connectivity index (χ1n) is 8.07. The number of aromatic nitrogens is 3. The number of halogens is 4. The van der Waals surface area contributed by atoms with Crippen molar-refractivity contribution >= 4 is 34.5 Å². The quantitative estimate of drug-likeness (QED) is 0.618. The number of carbonyl (C=O) groups excluding carboxylic acids is 1. The summed E-state index contributed by atoms with van der Waals surface area (Å²) < 4.78 is 41.3. The number of carbonyl (C=O) groups is 1. The molecule has 0 aromatic carbocycles. The molecule has 0 fully saturated rings. The van der Waals surface area contributed by atoms with Crippen LogP contribution in [0.4, 0.5) is 18.9 Å². The van der Waals surface area contributed by atoms with Gasteiger partial charge in [-0.15, -0.1) is 11.3 Å². The topological polar surface area (TPSA) is 68.9 Å². The van der Waals surface area contributed by atoms with Crippen molar-refractivity contribution in [1.82, 2.24) is 14.1 Å². The highest BCUT2D eigenvalue weighted by Gasteiger charge is 2.16. The lowest BCUT2D eigenvalue weighted by atomic mass is 10.3. The van der Waals surface area contributed by atoms with Crippen molar-refractivity contribution in [2.24, 2.45) is 0 Å². The van der Waals surface area contributed by atoms with Crippen LogP contribution < -0.4 is 10.9 Å². The summed E-state index contributed by atoms with van der Waals surface area (Å²) in [6.07, 6.45) is 3.08. The zero-order chi connectivity index (χ0) is 21.0. The third-order valence-corrected chi connectivity index (χ3v) is 4.95. The van der Waals surface area contributed by atoms with Gasteiger partial charge in [0.2, 0.25) is 0 Å². The fourth-order valence-electron chi connectivity index (χ4n) is 2.32. The number of anilines is 1. The zero-order valence-corrected chi connectivity index (χ0v) is 16.1. The lowest BCUT2D eigenvalue weighted by Gasteiger charge is -2.09. The molecule has 3 heterocycles. The molecule has 0 aliphatic heterocycles. The Kier molecular flexibility index (Phi) is 6.41. The Labute approximate surface area is 171 Å². The van der Waals surface area contributed by atoms with E-state index in [2.05, 4.69) is 22.1 Å². The molecule has 0 aliphatic rings. The normalized spacial score (nSPS) is 10.7. The van der Waals surface area contributed by atoms with Crippen molar-refractivity contribution in [3.8, 4) is 11.8 Å². The second-order valence-corrected chi connectivity index (χ2v) is 7.37. The van der Waals surface area contributed by atoms with Gasteiger partial charge in [0.15, 0.2) is 5.82 Å². The van der Waals surface area contributed by atoms with Gasteiger partial charge < -0.3 is 14.5 Å². The molecular formula is C18H12ClF3N4O2S. The van der Waals surface area contributed by atoms with Gasteiger partial charge in [0.1, 0.15) is 4.34 Å². The van der Waals surface area contributed by atoms with Crippen LogP contribution in [0.25, 0.3) is 0 Å². The predicted octanol–water partition coefficient (Wildman–Crippen LogP) is 3.47. The monoisotopic (exact) mass is 440 g/mol. The Morgan fingerprint density at radius 2 is 2.17 bits per heavy atom. The van der Waals surface area contributed by atoms with Gasteiger partial charge in [-0.2, -0.15) is 0 Å². The van der Waals surface area contributed by atoms with Crippen LogP contribution in [0.5, 0.6) is 0 Å². The first kappa shape index (κ1) is 20.7. The Morgan fingerprint density at radius 1 is 1.38 bits per heavy atom. The van der Waals surface area contributed by atoms with E-state index in [1.165, 1.54) is 6.07 Å². The summed E-state index contributed by atoms with van der Waals surface area (Å²) in [7, 11) is 0. The molecule has 3 rings (SSSR count). The minimum absolute atomic E-state index is 0.134. The van der Waals surface area contributed by atoms with E-state index in [1.807, 2.05) is 0 Å². The molecule has 1 amide bonds. The fourth-order valence-corrected chi connectivity index (χ4v) is 3.40. The van der Waals surface area contributed by atoms with E-state index in [4.69, 9.17) is 11.6 Å². The molecule has 0 spiro atoms. The van der Waals surface area contributed by atoms with E-state index >= 15 is 0 Å². The Bertz CT molecular complexity index is 1150. The largest absolute Gasteiger partial charge is 0.326 e. The molecule has 150 valence electrons. The van der Waals surface area contributed by atoms with Gasteiger partial charge in [0, 0.05) is 24.7 Å². The predicted molar refractivity (Wildman–Crippen MR) is 103 cm³/mol. The Hall–Kier alpha value is -3.03. The summed E-state index contributed by atoms with van der Waals surface area (Å²) in [6.45, 7) is -0.598. The summed E-state index contributed by atoms with van der Waals surface area (Å²) >= 11 is 7.07. The average Bonchev–Trinajstić information content (AvgIpc) is 3.29. The first-order valence-corrected chi connectivity index (χ1v) is 9.26. The molecule has 0 atom stereocenters. The lowest BCUT2D eigenvalue weighted by molar-refractivity contribution is 0.103. The third kappa shape index (κ3) is 5.28. The number of hydrogen-bond acceptors (Lipinski definition) is 4. The van der Waals surface area contributed by atoms with Crippen molar-refractivity contribution in [1.29, 1.82) is 0 Å². The van der Waals surface area contributed by atoms with Crippen LogP contribution in [-0.2, 0) is 13.1 Å². The van der Waals surface area contributed by atoms with Gasteiger partial charge >= 0.3 is 0 Å². The number of thiophene rings is 1. The van der Waals surface area contributed by atoms with E-state index in [-0.39, 0.29) is 10.6 Å². The second-order valence-electron chi connectivity index (χ2n) is 5.71. The van der Waals surface area contributed by atoms with Crippen LogP contribution in [0.2, 0.25) is 4.34 Å². The second kappa shape index (κ2) is 8.98. The molecule has 0 bridgehead atoms. The molecule has 0 saturated carbocycles. The molecule has 6 nitrogen and oxygen atoms in total.